The molecule has 2 aliphatic heterocycles. The highest BCUT2D eigenvalue weighted by Gasteiger charge is 2.54. The number of hydrogen-bond acceptors (Lipinski definition) is 10. The normalized spacial score (nSPS) is 22.8. The Morgan fingerprint density at radius 2 is 1.89 bits per heavy atom. The molecule has 1 aliphatic carbocycles. The molecule has 0 bridgehead atoms. The van der Waals surface area contributed by atoms with Crippen molar-refractivity contribution in [2.45, 2.75) is 42.4 Å². The number of piperidine rings is 1. The molecule has 1 saturated carbocycles. The number of carbonyl (C=O) groups is 1. The summed E-state index contributed by atoms with van der Waals surface area (Å²) in [5, 5.41) is 2.14. The first-order chi connectivity index (χ1) is 18.3. The van der Waals surface area contributed by atoms with Gasteiger partial charge in [0.25, 0.3) is 0 Å². The first kappa shape index (κ1) is 24.1. The number of aromatic amines is 1. The van der Waals surface area contributed by atoms with Gasteiger partial charge in [-0.25, -0.2) is 15.0 Å². The second-order valence-electron chi connectivity index (χ2n) is 10.5. The summed E-state index contributed by atoms with van der Waals surface area (Å²) >= 11 is 8.19. The molecule has 2 saturated heterocycles. The average Bonchev–Trinajstić information content (AvgIpc) is 3.20. The number of H-pyrrole nitrogens is 1. The maximum atomic E-state index is 12.2. The minimum atomic E-state index is -0.0896. The van der Waals surface area contributed by atoms with Gasteiger partial charge in [0.1, 0.15) is 22.7 Å². The van der Waals surface area contributed by atoms with Gasteiger partial charge >= 0.3 is 0 Å². The third-order valence-corrected chi connectivity index (χ3v) is 9.20. The number of nitrogens with two attached hydrogens (primary N) is 2. The van der Waals surface area contributed by atoms with Crippen LogP contribution in [-0.4, -0.2) is 69.0 Å². The Balaban J connectivity index is 1.27. The number of anilines is 2. The minimum absolute atomic E-state index is 0.0896. The molecule has 0 aromatic carbocycles. The predicted octanol–water partition coefficient (Wildman–Crippen LogP) is 3.01. The van der Waals surface area contributed by atoms with Crippen molar-refractivity contribution in [2.75, 3.05) is 36.0 Å². The lowest BCUT2D eigenvalue weighted by atomic mass is 10.1. The molecule has 0 radical (unpaired) electrons. The van der Waals surface area contributed by atoms with E-state index in [1.54, 1.807) is 0 Å². The second kappa shape index (κ2) is 8.77. The van der Waals surface area contributed by atoms with E-state index in [-0.39, 0.29) is 11.8 Å². The molecule has 2 unspecified atom stereocenters. The van der Waals surface area contributed by atoms with Gasteiger partial charge in [0, 0.05) is 62.0 Å². The molecule has 4 aromatic heterocycles. The quantitative estimate of drug-likeness (QED) is 0.242. The van der Waals surface area contributed by atoms with E-state index >= 15 is 0 Å². The van der Waals surface area contributed by atoms with Gasteiger partial charge in [0.15, 0.2) is 10.9 Å². The van der Waals surface area contributed by atoms with Crippen molar-refractivity contribution in [3.05, 3.63) is 34.7 Å². The zero-order valence-electron chi connectivity index (χ0n) is 21.1. The van der Waals surface area contributed by atoms with Gasteiger partial charge in [0.2, 0.25) is 0 Å². The molecule has 6 heterocycles. The first-order valence-corrected chi connectivity index (χ1v) is 14.1. The van der Waals surface area contributed by atoms with Crippen LogP contribution < -0.4 is 21.3 Å². The number of rotatable bonds is 6. The molecule has 3 aliphatic rings. The van der Waals surface area contributed by atoms with E-state index in [0.717, 1.165) is 71.2 Å². The smallest absolute Gasteiger partial charge is 0.196 e. The number of nitrogens with zero attached hydrogens (tertiary/aromatic N) is 6. The molecule has 3 fully saturated rings. The summed E-state index contributed by atoms with van der Waals surface area (Å²) in [7, 11) is 0. The molecule has 0 spiro atoms. The molecule has 7 rings (SSSR count). The van der Waals surface area contributed by atoms with E-state index in [1.165, 1.54) is 18.7 Å². The predicted molar refractivity (Wildman–Crippen MR) is 149 cm³/mol. The fourth-order valence-corrected chi connectivity index (χ4v) is 6.81. The van der Waals surface area contributed by atoms with E-state index < -0.39 is 0 Å². The summed E-state index contributed by atoms with van der Waals surface area (Å²) in [5.74, 6) is 1.79. The van der Waals surface area contributed by atoms with Crippen LogP contribution in [-0.2, 0) is 6.42 Å². The maximum Gasteiger partial charge on any atom is 0.196 e. The van der Waals surface area contributed by atoms with Gasteiger partial charge < -0.3 is 26.3 Å². The van der Waals surface area contributed by atoms with E-state index in [9.17, 15) is 4.79 Å². The van der Waals surface area contributed by atoms with E-state index in [1.807, 2.05) is 18.3 Å². The summed E-state index contributed by atoms with van der Waals surface area (Å²) < 4.78 is 0. The molecule has 38 heavy (non-hydrogen) atoms. The highest BCUT2D eigenvalue weighted by atomic mass is 35.5. The third-order valence-electron chi connectivity index (χ3n) is 7.96. The lowest BCUT2D eigenvalue weighted by Crippen LogP contribution is -2.56. The van der Waals surface area contributed by atoms with E-state index in [2.05, 4.69) is 26.7 Å². The monoisotopic (exact) mass is 549 g/mol. The van der Waals surface area contributed by atoms with Crippen LogP contribution in [0.15, 0.2) is 28.4 Å². The van der Waals surface area contributed by atoms with Crippen LogP contribution in [0.25, 0.3) is 22.1 Å². The number of fused-ring (bicyclic) bond motifs is 3. The van der Waals surface area contributed by atoms with E-state index in [0.29, 0.717) is 39.3 Å². The largest absolute Gasteiger partial charge is 0.366 e. The van der Waals surface area contributed by atoms with Gasteiger partial charge in [-0.15, -0.1) is 0 Å². The Morgan fingerprint density at radius 3 is 2.58 bits per heavy atom. The molecular formula is C26H28ClN9OS. The SMILES string of the molecule is CCc1[nH]c2nc(Sc3cnc4c(N5CC(N)C5)cc(C(C)=O)nc4c3)nc(N3CC4C(N)C4C3)c2c1Cl. The zero-order chi connectivity index (χ0) is 26.3. The van der Waals surface area contributed by atoms with Gasteiger partial charge in [-0.05, 0) is 42.2 Å². The molecule has 10 nitrogen and oxygen atoms in total. The number of aryl methyl sites for hydroxylation is 1. The van der Waals surface area contributed by atoms with Gasteiger partial charge in [0.05, 0.1) is 21.6 Å². The van der Waals surface area contributed by atoms with Crippen molar-refractivity contribution in [1.82, 2.24) is 24.9 Å². The van der Waals surface area contributed by atoms with Crippen LogP contribution >= 0.6 is 23.4 Å². The second-order valence-corrected chi connectivity index (χ2v) is 11.9. The van der Waals surface area contributed by atoms with Gasteiger partial charge in [-0.3, -0.25) is 9.78 Å². The Bertz CT molecular complexity index is 1610. The zero-order valence-corrected chi connectivity index (χ0v) is 22.7. The van der Waals surface area contributed by atoms with Crippen molar-refractivity contribution in [3.8, 4) is 0 Å². The molecule has 196 valence electrons. The Kier molecular flexibility index (Phi) is 5.56. The van der Waals surface area contributed by atoms with Crippen molar-refractivity contribution >= 4 is 62.7 Å². The first-order valence-electron chi connectivity index (χ1n) is 12.9. The Hall–Kier alpha value is -2.99. The van der Waals surface area contributed by atoms with Crippen LogP contribution in [0.1, 0.15) is 30.0 Å². The fourth-order valence-electron chi connectivity index (χ4n) is 5.70. The fraction of sp³-hybridized carbons (Fsp3) is 0.423. The number of aromatic nitrogens is 5. The summed E-state index contributed by atoms with van der Waals surface area (Å²) in [6.07, 6.45) is 2.58. The number of nitrogens with one attached hydrogen (secondary N) is 1. The minimum Gasteiger partial charge on any atom is -0.366 e. The lowest BCUT2D eigenvalue weighted by Gasteiger charge is -2.39. The third kappa shape index (κ3) is 3.83. The number of hydrogen-bond donors (Lipinski definition) is 3. The van der Waals surface area contributed by atoms with Crippen LogP contribution in [0.3, 0.4) is 0 Å². The molecular weight excluding hydrogens is 522 g/mol. The average molecular weight is 550 g/mol. The van der Waals surface area contributed by atoms with Gasteiger partial charge in [-0.2, -0.15) is 0 Å². The summed E-state index contributed by atoms with van der Waals surface area (Å²) in [6, 6.07) is 4.17. The molecule has 2 atom stereocenters. The van der Waals surface area contributed by atoms with Gasteiger partial charge in [-0.1, -0.05) is 18.5 Å². The number of ketones is 1. The van der Waals surface area contributed by atoms with Crippen molar-refractivity contribution in [1.29, 1.82) is 0 Å². The lowest BCUT2D eigenvalue weighted by molar-refractivity contribution is 0.101. The molecule has 12 heteroatoms. The maximum absolute atomic E-state index is 12.2. The highest BCUT2D eigenvalue weighted by Crippen LogP contribution is 2.47. The van der Waals surface area contributed by atoms with E-state index in [4.69, 9.17) is 38.0 Å². The summed E-state index contributed by atoms with van der Waals surface area (Å²) in [6.45, 7) is 6.80. The van der Waals surface area contributed by atoms with Crippen LogP contribution in [0.5, 0.6) is 0 Å². The highest BCUT2D eigenvalue weighted by molar-refractivity contribution is 7.99. The molecule has 4 aromatic rings. The number of halogens is 1. The van der Waals surface area contributed by atoms with Crippen LogP contribution in [0.2, 0.25) is 5.02 Å². The van der Waals surface area contributed by atoms with Crippen molar-refractivity contribution < 1.29 is 4.79 Å². The summed E-state index contributed by atoms with van der Waals surface area (Å²) in [5.41, 5.74) is 16.6. The Morgan fingerprint density at radius 1 is 1.13 bits per heavy atom. The van der Waals surface area contributed by atoms with Crippen LogP contribution in [0, 0.1) is 11.8 Å². The molecule has 0 amide bonds. The van der Waals surface area contributed by atoms with Crippen molar-refractivity contribution in [2.24, 2.45) is 23.3 Å². The Labute approximate surface area is 228 Å². The topological polar surface area (TPSA) is 143 Å². The standard InChI is InChI=1S/C26H28ClN9OS/c1-3-16-21(27)20-24(32-16)33-26(34-25(20)36-9-14-15(10-36)22(14)29)38-13-4-18-23(30-6-13)19(35-7-12(28)8-35)5-17(31-18)11(2)37/h4-6,12,14-15,22H,3,7-10,28-29H2,1-2H3,(H,32,33,34). The van der Waals surface area contributed by atoms with Crippen molar-refractivity contribution in [3.63, 3.8) is 0 Å². The van der Waals surface area contributed by atoms with Crippen LogP contribution in [0.4, 0.5) is 11.5 Å². The number of Topliss-reactive ketones (excluding diaryl/α,β-unsaturated/α-hetero) is 1. The number of carbonyl (C=O) groups excluding carboxylic acids is 1. The number of pyridine rings is 2. The molecule has 5 N–H and O–H groups in total. The summed E-state index contributed by atoms with van der Waals surface area (Å²) in [4.78, 5) is 40.0.